The maximum atomic E-state index is 13.0. The maximum Gasteiger partial charge on any atom is 0.341 e. The van der Waals surface area contributed by atoms with Crippen molar-refractivity contribution in [2.24, 2.45) is 0 Å². The van der Waals surface area contributed by atoms with Crippen molar-refractivity contribution >= 4 is 29.2 Å². The molecule has 1 aromatic rings. The number of carboxylic acids is 1. The average Bonchev–Trinajstić information content (AvgIpc) is 2.19. The SMILES string of the molecule is O=C(O)C(F)C(O)c1cc(Cl)ccc1Cl. The quantitative estimate of drug-likeness (QED) is 0.869. The van der Waals surface area contributed by atoms with Crippen molar-refractivity contribution < 1.29 is 19.4 Å². The molecule has 0 fully saturated rings. The molecule has 0 aliphatic rings. The van der Waals surface area contributed by atoms with Crippen LogP contribution in [0.25, 0.3) is 0 Å². The monoisotopic (exact) mass is 252 g/mol. The van der Waals surface area contributed by atoms with E-state index in [2.05, 4.69) is 0 Å². The lowest BCUT2D eigenvalue weighted by Crippen LogP contribution is -2.23. The Morgan fingerprint density at radius 2 is 2.00 bits per heavy atom. The van der Waals surface area contributed by atoms with E-state index in [1.807, 2.05) is 0 Å². The molecule has 0 aliphatic heterocycles. The Kier molecular flexibility index (Phi) is 3.90. The second kappa shape index (κ2) is 4.79. The standard InChI is InChI=1S/C9H7Cl2FO3/c10-4-1-2-6(11)5(3-4)8(13)7(12)9(14)15/h1-3,7-8,13H,(H,14,15). The van der Waals surface area contributed by atoms with Gasteiger partial charge < -0.3 is 10.2 Å². The second-order valence-electron chi connectivity index (χ2n) is 2.85. The summed E-state index contributed by atoms with van der Waals surface area (Å²) in [5.74, 6) is -1.75. The van der Waals surface area contributed by atoms with Crippen molar-refractivity contribution in [2.45, 2.75) is 12.3 Å². The number of hydrogen-bond acceptors (Lipinski definition) is 2. The lowest BCUT2D eigenvalue weighted by atomic mass is 10.1. The van der Waals surface area contributed by atoms with Crippen LogP contribution in [0.4, 0.5) is 4.39 Å². The molecule has 0 aliphatic carbocycles. The number of halogens is 3. The van der Waals surface area contributed by atoms with Gasteiger partial charge in [0.15, 0.2) is 0 Å². The van der Waals surface area contributed by atoms with Gasteiger partial charge in [-0.3, -0.25) is 0 Å². The fraction of sp³-hybridized carbons (Fsp3) is 0.222. The highest BCUT2D eigenvalue weighted by molar-refractivity contribution is 6.33. The first kappa shape index (κ1) is 12.2. The molecule has 0 saturated carbocycles. The van der Waals surface area contributed by atoms with Gasteiger partial charge in [-0.1, -0.05) is 23.2 Å². The van der Waals surface area contributed by atoms with Gasteiger partial charge >= 0.3 is 5.97 Å². The summed E-state index contributed by atoms with van der Waals surface area (Å²) in [6.45, 7) is 0. The number of aliphatic hydroxyl groups excluding tert-OH is 1. The molecular formula is C9H7Cl2FO3. The Hall–Kier alpha value is -0.840. The van der Waals surface area contributed by atoms with Gasteiger partial charge in [0.2, 0.25) is 6.17 Å². The van der Waals surface area contributed by atoms with Crippen LogP contribution in [0.5, 0.6) is 0 Å². The molecule has 0 bridgehead atoms. The first-order valence-electron chi connectivity index (χ1n) is 3.93. The maximum absolute atomic E-state index is 13.0. The zero-order valence-corrected chi connectivity index (χ0v) is 8.84. The van der Waals surface area contributed by atoms with Gasteiger partial charge in [0.1, 0.15) is 6.10 Å². The van der Waals surface area contributed by atoms with Crippen molar-refractivity contribution in [3.05, 3.63) is 33.8 Å². The Labute approximate surface area is 95.0 Å². The second-order valence-corrected chi connectivity index (χ2v) is 3.69. The van der Waals surface area contributed by atoms with Crippen LogP contribution in [0, 0.1) is 0 Å². The minimum absolute atomic E-state index is 0.0425. The van der Waals surface area contributed by atoms with Crippen LogP contribution >= 0.6 is 23.2 Å². The van der Waals surface area contributed by atoms with E-state index in [1.54, 1.807) is 0 Å². The van der Waals surface area contributed by atoms with Crippen LogP contribution in [0.2, 0.25) is 10.0 Å². The predicted molar refractivity (Wildman–Crippen MR) is 54.0 cm³/mol. The summed E-state index contributed by atoms with van der Waals surface area (Å²) in [7, 11) is 0. The number of rotatable bonds is 3. The summed E-state index contributed by atoms with van der Waals surface area (Å²) in [5.41, 5.74) is -0.0425. The molecule has 2 atom stereocenters. The number of aliphatic carboxylic acids is 1. The number of hydrogen-bond donors (Lipinski definition) is 2. The van der Waals surface area contributed by atoms with Crippen molar-refractivity contribution in [2.75, 3.05) is 0 Å². The van der Waals surface area contributed by atoms with Crippen LogP contribution in [0.1, 0.15) is 11.7 Å². The van der Waals surface area contributed by atoms with E-state index in [4.69, 9.17) is 28.3 Å². The third-order valence-corrected chi connectivity index (χ3v) is 2.37. The molecule has 0 amide bonds. The smallest absolute Gasteiger partial charge is 0.341 e. The van der Waals surface area contributed by atoms with Gasteiger partial charge in [-0.2, -0.15) is 0 Å². The third kappa shape index (κ3) is 2.81. The van der Waals surface area contributed by atoms with E-state index in [9.17, 15) is 14.3 Å². The van der Waals surface area contributed by atoms with Gasteiger partial charge in [-0.05, 0) is 18.2 Å². The molecule has 0 heterocycles. The summed E-state index contributed by atoms with van der Waals surface area (Å²) in [4.78, 5) is 10.3. The molecule has 15 heavy (non-hydrogen) atoms. The summed E-state index contributed by atoms with van der Waals surface area (Å²) in [6, 6.07) is 4.04. The topological polar surface area (TPSA) is 57.5 Å². The Balaban J connectivity index is 3.04. The summed E-state index contributed by atoms with van der Waals surface area (Å²) in [6.07, 6.45) is -4.25. The van der Waals surface area contributed by atoms with Gasteiger partial charge in [0.25, 0.3) is 0 Å². The molecule has 2 unspecified atom stereocenters. The van der Waals surface area contributed by atoms with Gasteiger partial charge in [0, 0.05) is 15.6 Å². The molecule has 1 aromatic carbocycles. The zero-order valence-electron chi connectivity index (χ0n) is 7.32. The molecule has 1 rings (SSSR count). The molecule has 82 valence electrons. The molecule has 0 radical (unpaired) electrons. The fourth-order valence-electron chi connectivity index (χ4n) is 1.03. The van der Waals surface area contributed by atoms with Crippen molar-refractivity contribution in [3.8, 4) is 0 Å². The predicted octanol–water partition coefficient (Wildman–Crippen LogP) is 2.45. The van der Waals surface area contributed by atoms with E-state index in [0.717, 1.165) is 0 Å². The molecule has 0 spiro atoms. The molecule has 2 N–H and O–H groups in total. The van der Waals surface area contributed by atoms with Crippen molar-refractivity contribution in [3.63, 3.8) is 0 Å². The van der Waals surface area contributed by atoms with Gasteiger partial charge in [0.05, 0.1) is 0 Å². The van der Waals surface area contributed by atoms with Gasteiger partial charge in [-0.25, -0.2) is 9.18 Å². The first-order chi connectivity index (χ1) is 6.93. The number of alkyl halides is 1. The highest BCUT2D eigenvalue weighted by Crippen LogP contribution is 2.29. The summed E-state index contributed by atoms with van der Waals surface area (Å²) < 4.78 is 13.0. The van der Waals surface area contributed by atoms with Crippen LogP contribution in [0.15, 0.2) is 18.2 Å². The van der Waals surface area contributed by atoms with Gasteiger partial charge in [-0.15, -0.1) is 0 Å². The lowest BCUT2D eigenvalue weighted by molar-refractivity contribution is -0.147. The number of carbonyl (C=O) groups is 1. The molecule has 0 saturated heterocycles. The molecule has 0 aromatic heterocycles. The molecule has 3 nitrogen and oxygen atoms in total. The Bertz CT molecular complexity index is 384. The highest BCUT2D eigenvalue weighted by atomic mass is 35.5. The Morgan fingerprint density at radius 3 is 2.53 bits per heavy atom. The van der Waals surface area contributed by atoms with E-state index in [-0.39, 0.29) is 15.6 Å². The fourth-order valence-corrected chi connectivity index (χ4v) is 1.44. The van der Waals surface area contributed by atoms with Crippen molar-refractivity contribution in [1.29, 1.82) is 0 Å². The van der Waals surface area contributed by atoms with E-state index >= 15 is 0 Å². The van der Waals surface area contributed by atoms with Crippen LogP contribution in [0.3, 0.4) is 0 Å². The summed E-state index contributed by atoms with van der Waals surface area (Å²) >= 11 is 11.3. The number of carboxylic acid groups (broad SMARTS) is 1. The van der Waals surface area contributed by atoms with Crippen molar-refractivity contribution in [1.82, 2.24) is 0 Å². The third-order valence-electron chi connectivity index (χ3n) is 1.79. The summed E-state index contributed by atoms with van der Waals surface area (Å²) in [5, 5.41) is 18.0. The van der Waals surface area contributed by atoms with E-state index in [0.29, 0.717) is 0 Å². The Morgan fingerprint density at radius 1 is 1.40 bits per heavy atom. The largest absolute Gasteiger partial charge is 0.479 e. The minimum atomic E-state index is -2.43. The van der Waals surface area contributed by atoms with Crippen LogP contribution < -0.4 is 0 Å². The normalized spacial score (nSPS) is 14.7. The average molecular weight is 253 g/mol. The molecule has 6 heteroatoms. The number of benzene rings is 1. The molecular weight excluding hydrogens is 246 g/mol. The minimum Gasteiger partial charge on any atom is -0.479 e. The van der Waals surface area contributed by atoms with E-state index in [1.165, 1.54) is 18.2 Å². The number of aliphatic hydroxyl groups is 1. The van der Waals surface area contributed by atoms with Crippen LogP contribution in [-0.4, -0.2) is 22.4 Å². The van der Waals surface area contributed by atoms with Crippen LogP contribution in [-0.2, 0) is 4.79 Å². The van der Waals surface area contributed by atoms with E-state index < -0.39 is 18.2 Å². The lowest BCUT2D eigenvalue weighted by Gasteiger charge is -2.14. The highest BCUT2D eigenvalue weighted by Gasteiger charge is 2.28. The zero-order chi connectivity index (χ0) is 11.6. The first-order valence-corrected chi connectivity index (χ1v) is 4.69.